The number of nitrogens with one attached hydrogen (secondary N) is 3. The van der Waals surface area contributed by atoms with Gasteiger partial charge < -0.3 is 15.6 Å². The topological polar surface area (TPSA) is 74.0 Å². The molecule has 0 atom stereocenters. The van der Waals surface area contributed by atoms with Crippen molar-refractivity contribution in [3.8, 4) is 0 Å². The zero-order valence-electron chi connectivity index (χ0n) is 17.4. The van der Waals surface area contributed by atoms with Crippen LogP contribution in [0.5, 0.6) is 0 Å². The SMILES string of the molecule is CCNCCCC(=O)c1ccc2[nH]c3ccc(C(=O)CCCNCC)cc3c2c1. The van der Waals surface area contributed by atoms with E-state index in [0.29, 0.717) is 12.8 Å². The van der Waals surface area contributed by atoms with E-state index in [1.807, 2.05) is 36.4 Å². The van der Waals surface area contributed by atoms with Crippen LogP contribution in [0.2, 0.25) is 0 Å². The Labute approximate surface area is 172 Å². The summed E-state index contributed by atoms with van der Waals surface area (Å²) < 4.78 is 0. The lowest BCUT2D eigenvalue weighted by Crippen LogP contribution is -2.15. The van der Waals surface area contributed by atoms with E-state index in [1.54, 1.807) is 0 Å². The molecule has 0 bridgehead atoms. The van der Waals surface area contributed by atoms with Crippen LogP contribution < -0.4 is 10.6 Å². The standard InChI is InChI=1S/C24H31N3O2/c1-3-25-13-5-7-23(28)17-9-11-21-19(15-17)20-16-18(10-12-22(20)27-21)24(29)8-6-14-26-4-2/h9-12,15-16,25-27H,3-8,13-14H2,1-2H3. The lowest BCUT2D eigenvalue weighted by Gasteiger charge is -2.04. The molecule has 5 nitrogen and oxygen atoms in total. The van der Waals surface area contributed by atoms with E-state index in [0.717, 1.165) is 72.0 Å². The van der Waals surface area contributed by atoms with Crippen LogP contribution in [0.3, 0.4) is 0 Å². The van der Waals surface area contributed by atoms with Gasteiger partial charge in [0, 0.05) is 45.8 Å². The van der Waals surface area contributed by atoms with Gasteiger partial charge in [-0.25, -0.2) is 0 Å². The van der Waals surface area contributed by atoms with Crippen LogP contribution in [0.15, 0.2) is 36.4 Å². The number of benzene rings is 2. The Morgan fingerprint density at radius 1 is 0.759 bits per heavy atom. The molecule has 0 saturated heterocycles. The third-order valence-corrected chi connectivity index (χ3v) is 5.26. The number of carbonyl (C=O) groups excluding carboxylic acids is 2. The van der Waals surface area contributed by atoms with Gasteiger partial charge in [0.2, 0.25) is 0 Å². The average molecular weight is 394 g/mol. The summed E-state index contributed by atoms with van der Waals surface area (Å²) in [5.41, 5.74) is 3.44. The van der Waals surface area contributed by atoms with E-state index < -0.39 is 0 Å². The van der Waals surface area contributed by atoms with Crippen molar-refractivity contribution in [2.75, 3.05) is 26.2 Å². The van der Waals surface area contributed by atoms with E-state index in [1.165, 1.54) is 0 Å². The van der Waals surface area contributed by atoms with Crippen LogP contribution in [0.25, 0.3) is 21.8 Å². The Bertz CT molecular complexity index is 912. The number of carbonyl (C=O) groups is 2. The molecule has 154 valence electrons. The Morgan fingerprint density at radius 2 is 1.21 bits per heavy atom. The zero-order valence-corrected chi connectivity index (χ0v) is 17.4. The van der Waals surface area contributed by atoms with Gasteiger partial charge in [0.25, 0.3) is 0 Å². The Balaban J connectivity index is 1.80. The predicted octanol–water partition coefficient (Wildman–Crippen LogP) is 4.47. The smallest absolute Gasteiger partial charge is 0.162 e. The van der Waals surface area contributed by atoms with Gasteiger partial charge in [-0.2, -0.15) is 0 Å². The van der Waals surface area contributed by atoms with Crippen molar-refractivity contribution >= 4 is 33.4 Å². The van der Waals surface area contributed by atoms with Gasteiger partial charge in [-0.05, 0) is 75.4 Å². The summed E-state index contributed by atoms with van der Waals surface area (Å²) in [6, 6.07) is 11.6. The van der Waals surface area contributed by atoms with Gasteiger partial charge in [-0.15, -0.1) is 0 Å². The van der Waals surface area contributed by atoms with Crippen molar-refractivity contribution < 1.29 is 9.59 Å². The van der Waals surface area contributed by atoms with Crippen molar-refractivity contribution in [3.63, 3.8) is 0 Å². The highest BCUT2D eigenvalue weighted by Gasteiger charge is 2.12. The Kier molecular flexibility index (Phi) is 7.55. The van der Waals surface area contributed by atoms with Crippen molar-refractivity contribution in [1.29, 1.82) is 0 Å². The second kappa shape index (κ2) is 10.3. The summed E-state index contributed by atoms with van der Waals surface area (Å²) in [5.74, 6) is 0.324. The third kappa shape index (κ3) is 5.31. The van der Waals surface area contributed by atoms with E-state index in [4.69, 9.17) is 0 Å². The van der Waals surface area contributed by atoms with E-state index in [-0.39, 0.29) is 11.6 Å². The lowest BCUT2D eigenvalue weighted by atomic mass is 10.0. The van der Waals surface area contributed by atoms with Gasteiger partial charge >= 0.3 is 0 Å². The van der Waals surface area contributed by atoms with Gasteiger partial charge in [-0.1, -0.05) is 13.8 Å². The summed E-state index contributed by atoms with van der Waals surface area (Å²) >= 11 is 0. The fraction of sp³-hybridized carbons (Fsp3) is 0.417. The monoisotopic (exact) mass is 393 g/mol. The second-order valence-corrected chi connectivity index (χ2v) is 7.41. The molecule has 3 aromatic rings. The summed E-state index contributed by atoms with van der Waals surface area (Å²) in [6.45, 7) is 7.69. The number of hydrogen-bond donors (Lipinski definition) is 3. The van der Waals surface area contributed by atoms with Crippen molar-refractivity contribution in [1.82, 2.24) is 15.6 Å². The summed E-state index contributed by atoms with van der Waals surface area (Å²) in [5, 5.41) is 8.50. The Morgan fingerprint density at radius 3 is 1.62 bits per heavy atom. The number of ketones is 2. The molecular weight excluding hydrogens is 362 g/mol. The van der Waals surface area contributed by atoms with E-state index >= 15 is 0 Å². The summed E-state index contributed by atoms with van der Waals surface area (Å²) in [6.07, 6.45) is 2.75. The minimum Gasteiger partial charge on any atom is -0.355 e. The normalized spacial score (nSPS) is 11.4. The number of Topliss-reactive ketones (excluding diaryl/α,β-unsaturated/α-hetero) is 2. The maximum absolute atomic E-state index is 12.6. The summed E-state index contributed by atoms with van der Waals surface area (Å²) in [7, 11) is 0. The maximum Gasteiger partial charge on any atom is 0.162 e. The number of aromatic amines is 1. The van der Waals surface area contributed by atoms with Gasteiger partial charge in [0.1, 0.15) is 0 Å². The molecule has 0 aliphatic heterocycles. The molecule has 0 amide bonds. The first kappa shape index (κ1) is 21.2. The molecule has 29 heavy (non-hydrogen) atoms. The van der Waals surface area contributed by atoms with Crippen LogP contribution in [-0.2, 0) is 0 Å². The van der Waals surface area contributed by atoms with Crippen molar-refractivity contribution in [2.45, 2.75) is 39.5 Å². The minimum absolute atomic E-state index is 0.162. The zero-order chi connectivity index (χ0) is 20.6. The quantitative estimate of drug-likeness (QED) is 0.314. The van der Waals surface area contributed by atoms with Crippen LogP contribution in [0.1, 0.15) is 60.2 Å². The van der Waals surface area contributed by atoms with Crippen LogP contribution >= 0.6 is 0 Å². The van der Waals surface area contributed by atoms with Crippen LogP contribution in [0, 0.1) is 0 Å². The van der Waals surface area contributed by atoms with Crippen LogP contribution in [-0.4, -0.2) is 42.7 Å². The third-order valence-electron chi connectivity index (χ3n) is 5.26. The molecule has 2 aromatic carbocycles. The highest BCUT2D eigenvalue weighted by molar-refractivity contribution is 6.12. The van der Waals surface area contributed by atoms with Gasteiger partial charge in [0.05, 0.1) is 0 Å². The summed E-state index contributed by atoms with van der Waals surface area (Å²) in [4.78, 5) is 28.5. The molecule has 3 rings (SSSR count). The fourth-order valence-corrected chi connectivity index (χ4v) is 3.63. The lowest BCUT2D eigenvalue weighted by molar-refractivity contribution is 0.0972. The number of rotatable bonds is 12. The average Bonchev–Trinajstić information content (AvgIpc) is 3.11. The maximum atomic E-state index is 12.6. The van der Waals surface area contributed by atoms with Gasteiger partial charge in [-0.3, -0.25) is 9.59 Å². The number of H-pyrrole nitrogens is 1. The number of hydrogen-bond acceptors (Lipinski definition) is 4. The molecule has 0 fully saturated rings. The highest BCUT2D eigenvalue weighted by Crippen LogP contribution is 2.28. The molecule has 3 N–H and O–H groups in total. The predicted molar refractivity (Wildman–Crippen MR) is 120 cm³/mol. The largest absolute Gasteiger partial charge is 0.355 e. The van der Waals surface area contributed by atoms with E-state index in [2.05, 4.69) is 29.5 Å². The molecular formula is C24H31N3O2. The van der Waals surface area contributed by atoms with E-state index in [9.17, 15) is 9.59 Å². The molecule has 0 saturated carbocycles. The molecule has 0 aliphatic carbocycles. The molecule has 0 unspecified atom stereocenters. The van der Waals surface area contributed by atoms with Crippen LogP contribution in [0.4, 0.5) is 0 Å². The molecule has 1 heterocycles. The molecule has 0 radical (unpaired) electrons. The second-order valence-electron chi connectivity index (χ2n) is 7.41. The molecule has 1 aromatic heterocycles. The number of fused-ring (bicyclic) bond motifs is 3. The molecule has 0 aliphatic rings. The first-order valence-corrected chi connectivity index (χ1v) is 10.7. The minimum atomic E-state index is 0.162. The van der Waals surface area contributed by atoms with Crippen molar-refractivity contribution in [3.05, 3.63) is 47.5 Å². The highest BCUT2D eigenvalue weighted by atomic mass is 16.1. The fourth-order valence-electron chi connectivity index (χ4n) is 3.63. The molecule has 5 heteroatoms. The first-order valence-electron chi connectivity index (χ1n) is 10.7. The van der Waals surface area contributed by atoms with Gasteiger partial charge in [0.15, 0.2) is 11.6 Å². The first-order chi connectivity index (χ1) is 14.1. The van der Waals surface area contributed by atoms with Crippen molar-refractivity contribution in [2.24, 2.45) is 0 Å². The molecule has 0 spiro atoms. The number of aromatic nitrogens is 1. The Hall–Kier alpha value is -2.50.